The summed E-state index contributed by atoms with van der Waals surface area (Å²) in [7, 11) is 3.45. The molecule has 2 aliphatic rings. The fourth-order valence-corrected chi connectivity index (χ4v) is 6.47. The van der Waals surface area contributed by atoms with Crippen LogP contribution in [0.1, 0.15) is 69.9 Å². The highest BCUT2D eigenvalue weighted by Gasteiger charge is 2.31. The van der Waals surface area contributed by atoms with E-state index in [4.69, 9.17) is 14.2 Å². The number of esters is 1. The molecule has 9 heteroatoms. The molecule has 0 saturated heterocycles. The maximum absolute atomic E-state index is 13.8. The molecule has 0 bridgehead atoms. The van der Waals surface area contributed by atoms with Gasteiger partial charge in [0.1, 0.15) is 22.5 Å². The Morgan fingerprint density at radius 3 is 2.74 bits per heavy atom. The van der Waals surface area contributed by atoms with Crippen molar-refractivity contribution in [2.75, 3.05) is 26.9 Å². The molecular weight excluding hydrogens is 532 g/mol. The van der Waals surface area contributed by atoms with E-state index in [2.05, 4.69) is 29.4 Å². The number of carbonyl (C=O) groups excluding carboxylic acids is 2. The van der Waals surface area contributed by atoms with Crippen LogP contribution in [0.15, 0.2) is 42.5 Å². The quantitative estimate of drug-likeness (QED) is 0.283. The average molecular weight is 569 g/mol. The van der Waals surface area contributed by atoms with Gasteiger partial charge in [-0.2, -0.15) is 0 Å². The van der Waals surface area contributed by atoms with Gasteiger partial charge in [-0.05, 0) is 65.8 Å². The predicted octanol–water partition coefficient (Wildman–Crippen LogP) is 4.76. The molecule has 0 N–H and O–H groups in total. The van der Waals surface area contributed by atoms with Crippen LogP contribution in [-0.4, -0.2) is 58.6 Å². The van der Waals surface area contributed by atoms with Crippen LogP contribution in [-0.2, 0) is 42.4 Å². The van der Waals surface area contributed by atoms with Crippen molar-refractivity contribution >= 4 is 22.9 Å². The Morgan fingerprint density at radius 2 is 1.95 bits per heavy atom. The third kappa shape index (κ3) is 4.86. The van der Waals surface area contributed by atoms with Gasteiger partial charge in [0.2, 0.25) is 0 Å². The van der Waals surface area contributed by atoms with Crippen molar-refractivity contribution in [3.8, 4) is 11.5 Å². The van der Waals surface area contributed by atoms with Crippen molar-refractivity contribution < 1.29 is 23.8 Å². The Kier molecular flexibility index (Phi) is 7.58. The summed E-state index contributed by atoms with van der Waals surface area (Å²) in [6.07, 6.45) is 2.50. The lowest BCUT2D eigenvalue weighted by Crippen LogP contribution is -2.37. The molecule has 0 unspecified atom stereocenters. The average Bonchev–Trinajstić information content (AvgIpc) is 3.65. The highest BCUT2D eigenvalue weighted by molar-refractivity contribution is 5.97. The van der Waals surface area contributed by atoms with Crippen LogP contribution in [0.5, 0.6) is 11.5 Å². The fraction of sp³-hybridized carbons (Fsp3) is 0.394. The number of fused-ring (bicyclic) bond motifs is 3. The SMILES string of the molecule is CCOC(=O)C[C@H](c1cc(OC)c2c(c1)nnn2C)c1cccc2c1CCN(C(=O)c1ccc(CC)c3c1CCO3)C2. The minimum atomic E-state index is -0.274. The van der Waals surface area contributed by atoms with Gasteiger partial charge in [-0.15, -0.1) is 5.10 Å². The van der Waals surface area contributed by atoms with E-state index in [9.17, 15) is 9.59 Å². The smallest absolute Gasteiger partial charge is 0.306 e. The molecule has 1 aromatic heterocycles. The highest BCUT2D eigenvalue weighted by Crippen LogP contribution is 2.39. The van der Waals surface area contributed by atoms with E-state index in [1.54, 1.807) is 11.8 Å². The van der Waals surface area contributed by atoms with Gasteiger partial charge in [-0.25, -0.2) is 4.68 Å². The summed E-state index contributed by atoms with van der Waals surface area (Å²) in [5.74, 6) is 1.04. The molecule has 3 heterocycles. The van der Waals surface area contributed by atoms with Crippen LogP contribution in [0.25, 0.3) is 11.0 Å². The van der Waals surface area contributed by atoms with Gasteiger partial charge in [0.05, 0.1) is 26.7 Å². The number of benzene rings is 3. The van der Waals surface area contributed by atoms with E-state index >= 15 is 0 Å². The van der Waals surface area contributed by atoms with Crippen LogP contribution in [0.2, 0.25) is 0 Å². The molecule has 0 radical (unpaired) electrons. The Bertz CT molecular complexity index is 1680. The fourth-order valence-electron chi connectivity index (χ4n) is 6.47. The van der Waals surface area contributed by atoms with Crippen molar-refractivity contribution in [1.29, 1.82) is 0 Å². The van der Waals surface area contributed by atoms with E-state index in [1.807, 2.05) is 49.2 Å². The molecule has 0 fully saturated rings. The first-order chi connectivity index (χ1) is 20.4. The lowest BCUT2D eigenvalue weighted by atomic mass is 9.81. The van der Waals surface area contributed by atoms with Gasteiger partial charge < -0.3 is 19.1 Å². The summed E-state index contributed by atoms with van der Waals surface area (Å²) >= 11 is 0. The van der Waals surface area contributed by atoms with Crippen molar-refractivity contribution in [2.45, 2.75) is 52.0 Å². The monoisotopic (exact) mass is 568 g/mol. The maximum atomic E-state index is 13.8. The lowest BCUT2D eigenvalue weighted by molar-refractivity contribution is -0.143. The first kappa shape index (κ1) is 27.8. The molecule has 0 spiro atoms. The highest BCUT2D eigenvalue weighted by atomic mass is 16.5. The van der Waals surface area contributed by atoms with E-state index in [-0.39, 0.29) is 24.2 Å². The summed E-state index contributed by atoms with van der Waals surface area (Å²) in [5.41, 5.74) is 8.64. The lowest BCUT2D eigenvalue weighted by Gasteiger charge is -2.32. The van der Waals surface area contributed by atoms with E-state index in [0.29, 0.717) is 44.0 Å². The van der Waals surface area contributed by atoms with Gasteiger partial charge >= 0.3 is 5.97 Å². The molecule has 218 valence electrons. The minimum absolute atomic E-state index is 0.0383. The second-order valence-electron chi connectivity index (χ2n) is 10.9. The Morgan fingerprint density at radius 1 is 1.10 bits per heavy atom. The molecular formula is C33H36N4O5. The number of aryl methyl sites for hydroxylation is 2. The van der Waals surface area contributed by atoms with Crippen LogP contribution in [0.3, 0.4) is 0 Å². The molecule has 2 aliphatic heterocycles. The van der Waals surface area contributed by atoms with Crippen LogP contribution >= 0.6 is 0 Å². The normalized spacial score (nSPS) is 14.7. The van der Waals surface area contributed by atoms with E-state index < -0.39 is 0 Å². The number of ether oxygens (including phenoxy) is 3. The molecule has 4 aromatic rings. The third-order valence-corrected chi connectivity index (χ3v) is 8.50. The van der Waals surface area contributed by atoms with Crippen molar-refractivity contribution in [1.82, 2.24) is 19.9 Å². The zero-order valence-electron chi connectivity index (χ0n) is 24.6. The maximum Gasteiger partial charge on any atom is 0.306 e. The van der Waals surface area contributed by atoms with Gasteiger partial charge in [0.15, 0.2) is 0 Å². The summed E-state index contributed by atoms with van der Waals surface area (Å²) in [6, 6.07) is 14.1. The Labute approximate surface area is 245 Å². The molecule has 9 nitrogen and oxygen atoms in total. The summed E-state index contributed by atoms with van der Waals surface area (Å²) in [5, 5.41) is 8.49. The van der Waals surface area contributed by atoms with E-state index in [1.165, 1.54) is 5.56 Å². The number of hydrogen-bond acceptors (Lipinski definition) is 7. The zero-order chi connectivity index (χ0) is 29.4. The van der Waals surface area contributed by atoms with Gasteiger partial charge in [0.25, 0.3) is 5.91 Å². The topological polar surface area (TPSA) is 95.8 Å². The Balaban J connectivity index is 1.36. The summed E-state index contributed by atoms with van der Waals surface area (Å²) < 4.78 is 18.7. The minimum Gasteiger partial charge on any atom is -0.494 e. The van der Waals surface area contributed by atoms with Gasteiger partial charge in [0, 0.05) is 43.6 Å². The predicted molar refractivity (Wildman–Crippen MR) is 158 cm³/mol. The third-order valence-electron chi connectivity index (χ3n) is 8.50. The largest absolute Gasteiger partial charge is 0.494 e. The second-order valence-corrected chi connectivity index (χ2v) is 10.9. The number of amides is 1. The molecule has 42 heavy (non-hydrogen) atoms. The molecule has 3 aromatic carbocycles. The first-order valence-corrected chi connectivity index (χ1v) is 14.6. The summed E-state index contributed by atoms with van der Waals surface area (Å²) in [4.78, 5) is 28.6. The van der Waals surface area contributed by atoms with Gasteiger partial charge in [-0.3, -0.25) is 9.59 Å². The van der Waals surface area contributed by atoms with E-state index in [0.717, 1.165) is 57.5 Å². The van der Waals surface area contributed by atoms with Crippen molar-refractivity contribution in [3.63, 3.8) is 0 Å². The van der Waals surface area contributed by atoms with Crippen LogP contribution in [0, 0.1) is 0 Å². The van der Waals surface area contributed by atoms with Crippen LogP contribution in [0.4, 0.5) is 0 Å². The number of rotatable bonds is 8. The molecule has 0 saturated carbocycles. The molecule has 0 aliphatic carbocycles. The number of nitrogens with zero attached hydrogens (tertiary/aromatic N) is 4. The second kappa shape index (κ2) is 11.5. The van der Waals surface area contributed by atoms with Crippen molar-refractivity contribution in [3.05, 3.63) is 81.4 Å². The van der Waals surface area contributed by atoms with Crippen molar-refractivity contribution in [2.24, 2.45) is 7.05 Å². The first-order valence-electron chi connectivity index (χ1n) is 14.6. The molecule has 6 rings (SSSR count). The number of hydrogen-bond donors (Lipinski definition) is 0. The standard InChI is InChI=1S/C33H36N4O5/c1-5-20-10-11-26(25-13-15-42-32(20)25)33(39)37-14-12-23-21(19-37)8-7-9-24(23)27(18-30(38)41-6-2)22-16-28-31(29(17-22)40-4)36(3)35-34-28/h7-11,16-17,27H,5-6,12-15,18-19H2,1-4H3/t27-/m1/s1. The Hall–Kier alpha value is -4.40. The molecule has 1 atom stereocenters. The number of methoxy groups -OCH3 is 1. The number of aromatic nitrogens is 3. The van der Waals surface area contributed by atoms with Gasteiger partial charge in [-0.1, -0.05) is 36.4 Å². The summed E-state index contributed by atoms with van der Waals surface area (Å²) in [6.45, 7) is 5.95. The molecule has 1 amide bonds. The van der Waals surface area contributed by atoms with Crippen LogP contribution < -0.4 is 9.47 Å². The zero-order valence-corrected chi connectivity index (χ0v) is 24.6. The number of carbonyl (C=O) groups is 2.